The second-order valence-electron chi connectivity index (χ2n) is 8.07. The van der Waals surface area contributed by atoms with E-state index in [0.29, 0.717) is 19.1 Å². The molecule has 1 aliphatic heterocycles. The largest absolute Gasteiger partial charge is 0.375 e. The quantitative estimate of drug-likeness (QED) is 0.618. The predicted octanol–water partition coefficient (Wildman–Crippen LogP) is 2.48. The number of benzene rings is 1. The van der Waals surface area contributed by atoms with Gasteiger partial charge in [-0.25, -0.2) is 0 Å². The molecule has 2 fully saturated rings. The Bertz CT molecular complexity index is 786. The van der Waals surface area contributed by atoms with Crippen LogP contribution in [0.2, 0.25) is 0 Å². The summed E-state index contributed by atoms with van der Waals surface area (Å²) < 4.78 is 5.81. The van der Waals surface area contributed by atoms with Crippen LogP contribution in [0.25, 0.3) is 0 Å². The first kappa shape index (κ1) is 21.2. The van der Waals surface area contributed by atoms with Gasteiger partial charge in [-0.1, -0.05) is 54.5 Å². The maximum atomic E-state index is 12.2. The Hall–Kier alpha value is -2.03. The lowest BCUT2D eigenvalue weighted by Gasteiger charge is -2.34. The van der Waals surface area contributed by atoms with Crippen LogP contribution in [0, 0.1) is 0 Å². The number of piperazine rings is 1. The van der Waals surface area contributed by atoms with Gasteiger partial charge in [0.05, 0.1) is 19.6 Å². The number of hydrogen-bond donors (Lipinski definition) is 1. The molecule has 1 aliphatic carbocycles. The van der Waals surface area contributed by atoms with Gasteiger partial charge in [-0.2, -0.15) is 0 Å². The van der Waals surface area contributed by atoms with E-state index in [1.807, 2.05) is 18.2 Å². The van der Waals surface area contributed by atoms with Gasteiger partial charge in [0, 0.05) is 38.8 Å². The van der Waals surface area contributed by atoms with Crippen molar-refractivity contribution in [3.05, 3.63) is 40.9 Å². The first-order chi connectivity index (χ1) is 14.8. The zero-order valence-corrected chi connectivity index (χ0v) is 18.3. The van der Waals surface area contributed by atoms with E-state index < -0.39 is 0 Å². The van der Waals surface area contributed by atoms with E-state index in [9.17, 15) is 4.79 Å². The van der Waals surface area contributed by atoms with Crippen LogP contribution in [0.3, 0.4) is 0 Å². The molecule has 8 heteroatoms. The summed E-state index contributed by atoms with van der Waals surface area (Å²) in [5.74, 6) is 0.0740. The number of anilines is 1. The second-order valence-corrected chi connectivity index (χ2v) is 9.11. The number of amides is 1. The molecular weight excluding hydrogens is 398 g/mol. The molecule has 2 aliphatic rings. The van der Waals surface area contributed by atoms with Crippen LogP contribution in [0.15, 0.2) is 30.3 Å². The van der Waals surface area contributed by atoms with E-state index in [4.69, 9.17) is 4.74 Å². The topological polar surface area (TPSA) is 70.6 Å². The van der Waals surface area contributed by atoms with Gasteiger partial charge < -0.3 is 15.0 Å². The lowest BCUT2D eigenvalue weighted by Crippen LogP contribution is -2.47. The minimum atomic E-state index is 0.0740. The summed E-state index contributed by atoms with van der Waals surface area (Å²) in [4.78, 5) is 16.9. The van der Waals surface area contributed by atoms with Crippen molar-refractivity contribution in [2.45, 2.75) is 44.8 Å². The molecule has 0 spiro atoms. The van der Waals surface area contributed by atoms with E-state index in [-0.39, 0.29) is 5.91 Å². The summed E-state index contributed by atoms with van der Waals surface area (Å²) in [5.41, 5.74) is 1.21. The molecule has 0 bridgehead atoms. The first-order valence-electron chi connectivity index (χ1n) is 11.0. The summed E-state index contributed by atoms with van der Waals surface area (Å²) in [5, 5.41) is 13.4. The fourth-order valence-corrected chi connectivity index (χ4v) is 4.94. The van der Waals surface area contributed by atoms with Gasteiger partial charge >= 0.3 is 0 Å². The number of nitrogens with zero attached hydrogens (tertiary/aromatic N) is 4. The highest BCUT2D eigenvalue weighted by Crippen LogP contribution is 2.22. The van der Waals surface area contributed by atoms with E-state index in [1.54, 1.807) is 11.3 Å². The third kappa shape index (κ3) is 6.23. The predicted molar refractivity (Wildman–Crippen MR) is 119 cm³/mol. The SMILES string of the molecule is O=C(Cc1nnc(N2CCN(CCOCc3ccccc3)CC2)s1)NC1CCCC1. The standard InChI is InChI=1S/C22H31N5O2S/c28-20(23-19-8-4-5-9-19)16-21-24-25-22(30-21)27-12-10-26(11-13-27)14-15-29-17-18-6-2-1-3-7-18/h1-3,6-7,19H,4-5,8-17H2,(H,23,28). The van der Waals surface area contributed by atoms with Gasteiger partial charge in [0.1, 0.15) is 5.01 Å². The summed E-state index contributed by atoms with van der Waals surface area (Å²) >= 11 is 1.55. The molecule has 0 radical (unpaired) electrons. The summed E-state index contributed by atoms with van der Waals surface area (Å²) in [7, 11) is 0. The molecule has 1 saturated carbocycles. The van der Waals surface area contributed by atoms with Crippen LogP contribution in [-0.2, 0) is 22.6 Å². The molecule has 162 valence electrons. The highest BCUT2D eigenvalue weighted by Gasteiger charge is 2.22. The van der Waals surface area contributed by atoms with Crippen LogP contribution < -0.4 is 10.2 Å². The summed E-state index contributed by atoms with van der Waals surface area (Å²) in [6, 6.07) is 10.6. The number of nitrogens with one attached hydrogen (secondary N) is 1. The Balaban J connectivity index is 1.14. The number of carbonyl (C=O) groups is 1. The molecule has 0 unspecified atom stereocenters. The highest BCUT2D eigenvalue weighted by atomic mass is 32.1. The molecular formula is C22H31N5O2S. The fraction of sp³-hybridized carbons (Fsp3) is 0.591. The van der Waals surface area contributed by atoms with Crippen molar-refractivity contribution in [2.24, 2.45) is 0 Å². The first-order valence-corrected chi connectivity index (χ1v) is 11.8. The van der Waals surface area contributed by atoms with E-state index >= 15 is 0 Å². The lowest BCUT2D eigenvalue weighted by atomic mass is 10.2. The minimum Gasteiger partial charge on any atom is -0.375 e. The van der Waals surface area contributed by atoms with Crippen molar-refractivity contribution in [2.75, 3.05) is 44.2 Å². The van der Waals surface area contributed by atoms with Gasteiger partial charge in [-0.15, -0.1) is 10.2 Å². The Morgan fingerprint density at radius 3 is 2.63 bits per heavy atom. The Kier molecular flexibility index (Phi) is 7.66. The third-order valence-electron chi connectivity index (χ3n) is 5.79. The van der Waals surface area contributed by atoms with Gasteiger partial charge in [-0.05, 0) is 18.4 Å². The molecule has 1 amide bonds. The van der Waals surface area contributed by atoms with Gasteiger partial charge in [-0.3, -0.25) is 9.69 Å². The lowest BCUT2D eigenvalue weighted by molar-refractivity contribution is -0.121. The van der Waals surface area contributed by atoms with Crippen molar-refractivity contribution >= 4 is 22.4 Å². The van der Waals surface area contributed by atoms with Crippen LogP contribution in [0.1, 0.15) is 36.3 Å². The Labute approximate surface area is 182 Å². The zero-order chi connectivity index (χ0) is 20.6. The molecule has 7 nitrogen and oxygen atoms in total. The smallest absolute Gasteiger partial charge is 0.227 e. The van der Waals surface area contributed by atoms with Gasteiger partial charge in [0.2, 0.25) is 11.0 Å². The molecule has 1 aromatic heterocycles. The average molecular weight is 430 g/mol. The number of aromatic nitrogens is 2. The number of hydrogen-bond acceptors (Lipinski definition) is 7. The highest BCUT2D eigenvalue weighted by molar-refractivity contribution is 7.15. The maximum absolute atomic E-state index is 12.2. The Morgan fingerprint density at radius 1 is 1.10 bits per heavy atom. The normalized spacial score (nSPS) is 18.1. The van der Waals surface area contributed by atoms with Crippen molar-refractivity contribution in [1.82, 2.24) is 20.4 Å². The van der Waals surface area contributed by atoms with Crippen molar-refractivity contribution in [3.8, 4) is 0 Å². The van der Waals surface area contributed by atoms with E-state index in [0.717, 1.165) is 62.3 Å². The second kappa shape index (κ2) is 10.8. The van der Waals surface area contributed by atoms with Crippen molar-refractivity contribution < 1.29 is 9.53 Å². The summed E-state index contributed by atoms with van der Waals surface area (Å²) in [6.45, 7) is 6.21. The van der Waals surface area contributed by atoms with Crippen LogP contribution in [0.4, 0.5) is 5.13 Å². The molecule has 1 saturated heterocycles. The van der Waals surface area contributed by atoms with Crippen LogP contribution in [0.5, 0.6) is 0 Å². The van der Waals surface area contributed by atoms with Crippen molar-refractivity contribution in [1.29, 1.82) is 0 Å². The molecule has 1 aromatic carbocycles. The third-order valence-corrected chi connectivity index (χ3v) is 6.78. The molecule has 1 N–H and O–H groups in total. The van der Waals surface area contributed by atoms with Gasteiger partial charge in [0.15, 0.2) is 0 Å². The van der Waals surface area contributed by atoms with E-state index in [1.165, 1.54) is 18.4 Å². The molecule has 0 atom stereocenters. The monoisotopic (exact) mass is 429 g/mol. The minimum absolute atomic E-state index is 0.0740. The molecule has 2 aromatic rings. The average Bonchev–Trinajstić information content (AvgIpc) is 3.45. The molecule has 30 heavy (non-hydrogen) atoms. The summed E-state index contributed by atoms with van der Waals surface area (Å²) in [6.07, 6.45) is 4.99. The fourth-order valence-electron chi connectivity index (χ4n) is 4.05. The maximum Gasteiger partial charge on any atom is 0.227 e. The number of ether oxygens (including phenoxy) is 1. The van der Waals surface area contributed by atoms with Crippen molar-refractivity contribution in [3.63, 3.8) is 0 Å². The molecule has 4 rings (SSSR count). The number of rotatable bonds is 9. The van der Waals surface area contributed by atoms with E-state index in [2.05, 4.69) is 37.4 Å². The molecule has 2 heterocycles. The van der Waals surface area contributed by atoms with Crippen LogP contribution in [-0.4, -0.2) is 66.4 Å². The zero-order valence-electron chi connectivity index (χ0n) is 17.5. The van der Waals surface area contributed by atoms with Crippen LogP contribution >= 0.6 is 11.3 Å². The number of carbonyl (C=O) groups excluding carboxylic acids is 1. The van der Waals surface area contributed by atoms with Gasteiger partial charge in [0.25, 0.3) is 0 Å². The Morgan fingerprint density at radius 2 is 1.87 bits per heavy atom.